The van der Waals surface area contributed by atoms with E-state index in [-0.39, 0.29) is 10.8 Å². The van der Waals surface area contributed by atoms with E-state index in [1.165, 1.54) is 22.3 Å². The van der Waals surface area contributed by atoms with Crippen molar-refractivity contribution in [3.05, 3.63) is 168 Å². The van der Waals surface area contributed by atoms with Crippen LogP contribution in [0, 0.1) is 0 Å². The third-order valence-electron chi connectivity index (χ3n) is 11.2. The lowest BCUT2D eigenvalue weighted by molar-refractivity contribution is 0.590. The molecule has 0 fully saturated rings. The molecule has 0 spiro atoms. The molecule has 2 aromatic heterocycles. The Morgan fingerprint density at radius 2 is 0.569 bits per heavy atom. The van der Waals surface area contributed by atoms with Gasteiger partial charge in [-0.25, -0.2) is 0 Å². The Balaban J connectivity index is 1.12. The lowest BCUT2D eigenvalue weighted by Crippen LogP contribution is -2.10. The van der Waals surface area contributed by atoms with Crippen LogP contribution in [-0.4, -0.2) is 29.5 Å². The zero-order chi connectivity index (χ0) is 40.6. The third-order valence-corrected chi connectivity index (χ3v) is 11.2. The van der Waals surface area contributed by atoms with Crippen molar-refractivity contribution in [2.24, 2.45) is 0 Å². The van der Waals surface area contributed by atoms with Crippen molar-refractivity contribution in [2.45, 2.75) is 79.1 Å². The van der Waals surface area contributed by atoms with Gasteiger partial charge in [0.15, 0.2) is 23.3 Å². The fraction of sp³-hybridized carbons (Fsp3) is 0.231. The second-order valence-corrected chi connectivity index (χ2v) is 17.2. The molecule has 8 rings (SSSR count). The molecule has 6 aromatic carbocycles. The average molecular weight is 761 g/mol. The molecule has 8 aromatic rings. The van der Waals surface area contributed by atoms with E-state index >= 15 is 0 Å². The summed E-state index contributed by atoms with van der Waals surface area (Å²) in [6.07, 6.45) is 1.97. The molecule has 2 heterocycles. The van der Waals surface area contributed by atoms with Crippen LogP contribution in [0.5, 0.6) is 0 Å². The van der Waals surface area contributed by atoms with E-state index in [4.69, 9.17) is 20.4 Å². The normalized spacial score (nSPS) is 11.9. The minimum Gasteiger partial charge on any atom is -0.275 e. The van der Waals surface area contributed by atoms with Gasteiger partial charge in [0.1, 0.15) is 0 Å². The van der Waals surface area contributed by atoms with Crippen LogP contribution < -0.4 is 0 Å². The highest BCUT2D eigenvalue weighted by molar-refractivity contribution is 5.74. The molecule has 6 nitrogen and oxygen atoms in total. The monoisotopic (exact) mass is 760 g/mol. The Morgan fingerprint density at radius 1 is 0.328 bits per heavy atom. The van der Waals surface area contributed by atoms with Gasteiger partial charge in [-0.15, -0.1) is 20.4 Å². The lowest BCUT2D eigenvalue weighted by Gasteiger charge is -2.19. The molecule has 0 N–H and O–H groups in total. The zero-order valence-corrected chi connectivity index (χ0v) is 35.0. The van der Waals surface area contributed by atoms with Crippen LogP contribution in [0.15, 0.2) is 146 Å². The summed E-state index contributed by atoms with van der Waals surface area (Å²) in [5, 5.41) is 19.1. The lowest BCUT2D eigenvalue weighted by atomic mass is 9.86. The summed E-state index contributed by atoms with van der Waals surface area (Å²) in [6, 6.07) is 52.1. The Hall–Kier alpha value is -6.40. The van der Waals surface area contributed by atoms with E-state index < -0.39 is 0 Å². The topological polar surface area (TPSA) is 61.4 Å². The van der Waals surface area contributed by atoms with Gasteiger partial charge in [-0.3, -0.25) is 9.13 Å². The predicted octanol–water partition coefficient (Wildman–Crippen LogP) is 12.9. The minimum atomic E-state index is 0.0683. The van der Waals surface area contributed by atoms with Crippen LogP contribution in [0.2, 0.25) is 0 Å². The first-order valence-corrected chi connectivity index (χ1v) is 20.4. The van der Waals surface area contributed by atoms with Crippen LogP contribution in [0.25, 0.3) is 68.1 Å². The van der Waals surface area contributed by atoms with Crippen molar-refractivity contribution in [1.82, 2.24) is 29.5 Å². The molecule has 0 saturated heterocycles. The molecular weight excluding hydrogens is 709 g/mol. The molecule has 290 valence electrons. The summed E-state index contributed by atoms with van der Waals surface area (Å²) < 4.78 is 4.35. The second kappa shape index (κ2) is 15.5. The Labute approximate surface area is 343 Å². The molecular formula is C52H52N6. The van der Waals surface area contributed by atoms with Crippen molar-refractivity contribution >= 4 is 0 Å². The molecule has 58 heavy (non-hydrogen) atoms. The Bertz CT molecular complexity index is 2440. The van der Waals surface area contributed by atoms with Crippen molar-refractivity contribution in [3.8, 4) is 68.1 Å². The number of nitrogens with zero attached hydrogens (tertiary/aromatic N) is 6. The highest BCUT2D eigenvalue weighted by Gasteiger charge is 2.21. The van der Waals surface area contributed by atoms with Crippen LogP contribution in [0.3, 0.4) is 0 Å². The van der Waals surface area contributed by atoms with Gasteiger partial charge in [0.25, 0.3) is 0 Å². The number of hydrogen-bond donors (Lipinski definition) is 0. The highest BCUT2D eigenvalue weighted by atomic mass is 15.3. The largest absolute Gasteiger partial charge is 0.275 e. The second-order valence-electron chi connectivity index (χ2n) is 17.2. The van der Waals surface area contributed by atoms with E-state index in [1.807, 2.05) is 0 Å². The van der Waals surface area contributed by atoms with Gasteiger partial charge in [0.05, 0.1) is 0 Å². The summed E-state index contributed by atoms with van der Waals surface area (Å²) in [5.41, 5.74) is 13.6. The van der Waals surface area contributed by atoms with Crippen molar-refractivity contribution in [2.75, 3.05) is 0 Å². The van der Waals surface area contributed by atoms with Gasteiger partial charge in [0.2, 0.25) is 0 Å². The van der Waals surface area contributed by atoms with Crippen LogP contribution in [0.1, 0.15) is 77.6 Å². The van der Waals surface area contributed by atoms with Crippen LogP contribution in [0.4, 0.5) is 0 Å². The van der Waals surface area contributed by atoms with E-state index in [2.05, 4.69) is 210 Å². The van der Waals surface area contributed by atoms with Gasteiger partial charge in [0, 0.05) is 33.6 Å². The first-order valence-electron chi connectivity index (χ1n) is 20.4. The minimum absolute atomic E-state index is 0.0683. The van der Waals surface area contributed by atoms with Crippen LogP contribution in [-0.2, 0) is 23.7 Å². The average Bonchev–Trinajstić information content (AvgIpc) is 3.89. The zero-order valence-electron chi connectivity index (χ0n) is 35.0. The summed E-state index contributed by atoms with van der Waals surface area (Å²) in [7, 11) is 0. The number of aryl methyl sites for hydroxylation is 2. The van der Waals surface area contributed by atoms with Crippen molar-refractivity contribution in [3.63, 3.8) is 0 Å². The predicted molar refractivity (Wildman–Crippen MR) is 240 cm³/mol. The first kappa shape index (κ1) is 38.5. The third kappa shape index (κ3) is 7.67. The van der Waals surface area contributed by atoms with Gasteiger partial charge >= 0.3 is 0 Å². The Kier molecular flexibility index (Phi) is 10.3. The maximum atomic E-state index is 4.78. The summed E-state index contributed by atoms with van der Waals surface area (Å²) in [5.74, 6) is 3.24. The fourth-order valence-corrected chi connectivity index (χ4v) is 7.43. The van der Waals surface area contributed by atoms with E-state index in [0.717, 1.165) is 80.9 Å². The van der Waals surface area contributed by atoms with Gasteiger partial charge < -0.3 is 0 Å². The molecule has 0 atom stereocenters. The van der Waals surface area contributed by atoms with Gasteiger partial charge in [-0.05, 0) is 81.3 Å². The first-order chi connectivity index (χ1) is 27.9. The van der Waals surface area contributed by atoms with Crippen molar-refractivity contribution < 1.29 is 0 Å². The van der Waals surface area contributed by atoms with Gasteiger partial charge in [-0.2, -0.15) is 0 Å². The smallest absolute Gasteiger partial charge is 0.168 e. The molecule has 0 bridgehead atoms. The molecule has 0 saturated carbocycles. The number of hydrogen-bond acceptors (Lipinski definition) is 4. The van der Waals surface area contributed by atoms with Crippen LogP contribution >= 0.6 is 0 Å². The maximum Gasteiger partial charge on any atom is 0.168 e. The molecule has 0 radical (unpaired) electrons. The highest BCUT2D eigenvalue weighted by Crippen LogP contribution is 2.34. The van der Waals surface area contributed by atoms with E-state index in [0.29, 0.717) is 0 Å². The number of rotatable bonds is 9. The maximum absolute atomic E-state index is 4.78. The molecule has 0 unspecified atom stereocenters. The summed E-state index contributed by atoms with van der Waals surface area (Å²) in [6.45, 7) is 17.8. The van der Waals surface area contributed by atoms with Gasteiger partial charge in [-0.1, -0.05) is 177 Å². The summed E-state index contributed by atoms with van der Waals surface area (Å²) in [4.78, 5) is 0. The molecule has 0 amide bonds. The number of benzene rings is 6. The van der Waals surface area contributed by atoms with E-state index in [1.54, 1.807) is 0 Å². The molecule has 0 aliphatic heterocycles. The molecule has 6 heteroatoms. The standard InChI is InChI=1S/C52H52N6/c1-9-35-11-31-45(32-12-35)57-47(53-55-49(57)41-23-27-43(28-24-41)51(3,4)5)39-19-15-37(16-20-39)38-17-21-40(22-18-38)48-54-56-50(42-25-29-44(30-26-42)52(6,7)8)58(48)46-33-13-36(10-2)14-34-46/h11-34H,9-10H2,1-8H3. The van der Waals surface area contributed by atoms with Crippen molar-refractivity contribution in [1.29, 1.82) is 0 Å². The SMILES string of the molecule is CCc1ccc(-n2c(-c3ccc(-c4ccc(-c5nnc(-c6ccc(C(C)(C)C)cc6)n5-c5ccc(CC)cc5)cc4)cc3)nnc2-c2ccc(C(C)(C)C)cc2)cc1. The molecule has 0 aliphatic carbocycles. The Morgan fingerprint density at radius 3 is 0.810 bits per heavy atom. The number of aromatic nitrogens is 6. The fourth-order valence-electron chi connectivity index (χ4n) is 7.43. The summed E-state index contributed by atoms with van der Waals surface area (Å²) >= 11 is 0. The molecule has 0 aliphatic rings. The van der Waals surface area contributed by atoms with E-state index in [9.17, 15) is 0 Å². The quantitative estimate of drug-likeness (QED) is 0.147.